The molecule has 86 valence electrons. The van der Waals surface area contributed by atoms with Gasteiger partial charge < -0.3 is 5.73 Å². The number of aryl methyl sites for hydroxylation is 1. The number of aromatic nitrogens is 4. The lowest BCUT2D eigenvalue weighted by Gasteiger charge is -2.04. The van der Waals surface area contributed by atoms with Gasteiger partial charge in [0.15, 0.2) is 15.7 Å². The van der Waals surface area contributed by atoms with E-state index in [2.05, 4.69) is 15.4 Å². The van der Waals surface area contributed by atoms with Gasteiger partial charge >= 0.3 is 0 Å². The van der Waals surface area contributed by atoms with E-state index in [9.17, 15) is 8.42 Å². The van der Waals surface area contributed by atoms with Gasteiger partial charge in [-0.1, -0.05) is 0 Å². The van der Waals surface area contributed by atoms with E-state index in [1.54, 1.807) is 14.0 Å². The van der Waals surface area contributed by atoms with Gasteiger partial charge in [-0.05, 0) is 18.6 Å². The first-order chi connectivity index (χ1) is 6.89. The van der Waals surface area contributed by atoms with Crippen molar-refractivity contribution < 1.29 is 8.42 Å². The fourth-order valence-electron chi connectivity index (χ4n) is 1.02. The maximum absolute atomic E-state index is 11.5. The summed E-state index contributed by atoms with van der Waals surface area (Å²) in [6.45, 7) is 1.77. The number of hydrogen-bond donors (Lipinski definition) is 1. The molecule has 1 unspecified atom stereocenters. The zero-order valence-electron chi connectivity index (χ0n) is 8.79. The summed E-state index contributed by atoms with van der Waals surface area (Å²) in [6.07, 6.45) is 0.447. The molecule has 0 amide bonds. The zero-order valence-corrected chi connectivity index (χ0v) is 9.61. The van der Waals surface area contributed by atoms with Crippen molar-refractivity contribution in [1.29, 1.82) is 0 Å². The fraction of sp³-hybridized carbons (Fsp3) is 0.857. The van der Waals surface area contributed by atoms with Gasteiger partial charge in [-0.3, -0.25) is 0 Å². The van der Waals surface area contributed by atoms with Gasteiger partial charge in [0.2, 0.25) is 0 Å². The van der Waals surface area contributed by atoms with Crippen LogP contribution in [0.2, 0.25) is 0 Å². The van der Waals surface area contributed by atoms with Gasteiger partial charge in [-0.2, -0.15) is 4.80 Å². The third-order valence-electron chi connectivity index (χ3n) is 1.78. The summed E-state index contributed by atoms with van der Waals surface area (Å²) in [5.41, 5.74) is 5.48. The largest absolute Gasteiger partial charge is 0.328 e. The van der Waals surface area contributed by atoms with Crippen LogP contribution in [0.1, 0.15) is 19.2 Å². The highest BCUT2D eigenvalue weighted by molar-refractivity contribution is 7.90. The second-order valence-electron chi connectivity index (χ2n) is 3.55. The van der Waals surface area contributed by atoms with Crippen LogP contribution in [0.25, 0.3) is 0 Å². The Morgan fingerprint density at radius 1 is 1.53 bits per heavy atom. The molecule has 1 aromatic rings. The number of rotatable bonds is 5. The van der Waals surface area contributed by atoms with Crippen molar-refractivity contribution in [3.8, 4) is 0 Å². The normalized spacial score (nSPS) is 14.1. The topological polar surface area (TPSA) is 104 Å². The van der Waals surface area contributed by atoms with Crippen molar-refractivity contribution in [3.05, 3.63) is 5.82 Å². The van der Waals surface area contributed by atoms with Crippen LogP contribution in [-0.2, 0) is 22.6 Å². The van der Waals surface area contributed by atoms with Crippen molar-refractivity contribution in [2.45, 2.75) is 25.1 Å². The van der Waals surface area contributed by atoms with Gasteiger partial charge in [0.1, 0.15) is 5.75 Å². The Labute approximate surface area is 88.6 Å². The highest BCUT2D eigenvalue weighted by Gasteiger charge is 2.16. The maximum atomic E-state index is 11.5. The van der Waals surface area contributed by atoms with Crippen molar-refractivity contribution in [3.63, 3.8) is 0 Å². The molecule has 0 aliphatic rings. The van der Waals surface area contributed by atoms with Gasteiger partial charge in [0, 0.05) is 6.04 Å². The summed E-state index contributed by atoms with van der Waals surface area (Å²) in [7, 11) is -1.59. The first-order valence-electron chi connectivity index (χ1n) is 4.58. The number of tetrazole rings is 1. The average molecular weight is 233 g/mol. The van der Waals surface area contributed by atoms with Gasteiger partial charge in [-0.25, -0.2) is 8.42 Å². The van der Waals surface area contributed by atoms with Crippen LogP contribution in [0.3, 0.4) is 0 Å². The molecular formula is C7H15N5O2S. The molecule has 0 fully saturated rings. The Bertz CT molecular complexity index is 411. The van der Waals surface area contributed by atoms with Gasteiger partial charge in [0.05, 0.1) is 12.8 Å². The molecule has 2 N–H and O–H groups in total. The summed E-state index contributed by atoms with van der Waals surface area (Å²) in [5, 5.41) is 11.0. The smallest absolute Gasteiger partial charge is 0.189 e. The van der Waals surface area contributed by atoms with E-state index in [-0.39, 0.29) is 23.4 Å². The first kappa shape index (κ1) is 12.1. The van der Waals surface area contributed by atoms with Crippen LogP contribution >= 0.6 is 0 Å². The molecule has 7 nitrogen and oxygen atoms in total. The predicted octanol–water partition coefficient (Wildman–Crippen LogP) is -1.14. The molecule has 1 aromatic heterocycles. The van der Waals surface area contributed by atoms with Gasteiger partial charge in [-0.15, -0.1) is 10.2 Å². The number of sulfone groups is 1. The van der Waals surface area contributed by atoms with Crippen molar-refractivity contribution in [2.24, 2.45) is 12.8 Å². The van der Waals surface area contributed by atoms with Crippen LogP contribution in [0, 0.1) is 0 Å². The molecule has 0 radical (unpaired) electrons. The number of hydrogen-bond acceptors (Lipinski definition) is 6. The van der Waals surface area contributed by atoms with Crippen molar-refractivity contribution >= 4 is 9.84 Å². The molecule has 8 heteroatoms. The number of nitrogens with zero attached hydrogens (tertiary/aromatic N) is 4. The molecule has 0 aromatic carbocycles. The lowest BCUT2D eigenvalue weighted by Crippen LogP contribution is -2.21. The van der Waals surface area contributed by atoms with E-state index < -0.39 is 9.84 Å². The lowest BCUT2D eigenvalue weighted by molar-refractivity contribution is 0.584. The molecule has 0 aliphatic heterocycles. The molecule has 1 rings (SSSR count). The molecule has 0 spiro atoms. The zero-order chi connectivity index (χ0) is 11.5. The molecule has 1 atom stereocenters. The van der Waals surface area contributed by atoms with Crippen molar-refractivity contribution in [1.82, 2.24) is 20.2 Å². The molecule has 0 saturated heterocycles. The summed E-state index contributed by atoms with van der Waals surface area (Å²) in [4.78, 5) is 1.23. The quantitative estimate of drug-likeness (QED) is 0.689. The maximum Gasteiger partial charge on any atom is 0.189 e. The van der Waals surface area contributed by atoms with Gasteiger partial charge in [0.25, 0.3) is 0 Å². The molecule has 15 heavy (non-hydrogen) atoms. The van der Waals surface area contributed by atoms with E-state index in [0.717, 1.165) is 0 Å². The minimum Gasteiger partial charge on any atom is -0.328 e. The highest BCUT2D eigenvalue weighted by atomic mass is 32.2. The summed E-state index contributed by atoms with van der Waals surface area (Å²) >= 11 is 0. The standard InChI is InChI=1S/C7H15N5O2S/c1-6(8)3-4-15(13,14)5-7-9-11-12(2)10-7/h6H,3-5,8H2,1-2H3. The Kier molecular flexibility index (Phi) is 3.75. The minimum absolute atomic E-state index is 0.0585. The second-order valence-corrected chi connectivity index (χ2v) is 5.74. The van der Waals surface area contributed by atoms with Crippen molar-refractivity contribution in [2.75, 3.05) is 5.75 Å². The molecular weight excluding hydrogens is 218 g/mol. The van der Waals surface area contributed by atoms with Crippen LogP contribution in [0.5, 0.6) is 0 Å². The average Bonchev–Trinajstić information content (AvgIpc) is 2.47. The van der Waals surface area contributed by atoms with E-state index in [4.69, 9.17) is 5.73 Å². The SMILES string of the molecule is CC(N)CCS(=O)(=O)Cc1nnn(C)n1. The molecule has 0 saturated carbocycles. The summed E-state index contributed by atoms with van der Waals surface area (Å²) in [5.74, 6) is 0.110. The van der Waals surface area contributed by atoms with Crippen LogP contribution < -0.4 is 5.73 Å². The third-order valence-corrected chi connectivity index (χ3v) is 3.34. The monoisotopic (exact) mass is 233 g/mol. The van der Waals surface area contributed by atoms with Crippen LogP contribution in [-0.4, -0.2) is 40.4 Å². The van der Waals surface area contributed by atoms with E-state index in [1.807, 2.05) is 0 Å². The van der Waals surface area contributed by atoms with Crippen LogP contribution in [0.15, 0.2) is 0 Å². The third kappa shape index (κ3) is 4.34. The Hall–Kier alpha value is -1.02. The minimum atomic E-state index is -3.17. The predicted molar refractivity (Wildman–Crippen MR) is 54.6 cm³/mol. The Balaban J connectivity index is 2.57. The van der Waals surface area contributed by atoms with E-state index >= 15 is 0 Å². The molecule has 0 aliphatic carbocycles. The lowest BCUT2D eigenvalue weighted by atomic mass is 10.3. The Morgan fingerprint density at radius 2 is 2.20 bits per heavy atom. The summed E-state index contributed by atoms with van der Waals surface area (Å²) in [6, 6.07) is -0.116. The van der Waals surface area contributed by atoms with Crippen LogP contribution in [0.4, 0.5) is 0 Å². The Morgan fingerprint density at radius 3 is 2.67 bits per heavy atom. The highest BCUT2D eigenvalue weighted by Crippen LogP contribution is 2.02. The molecule has 1 heterocycles. The molecule has 0 bridgehead atoms. The first-order valence-corrected chi connectivity index (χ1v) is 6.40. The number of nitrogens with two attached hydrogens (primary N) is 1. The van der Waals surface area contributed by atoms with E-state index in [0.29, 0.717) is 6.42 Å². The fourth-order valence-corrected chi connectivity index (χ4v) is 2.40. The van der Waals surface area contributed by atoms with E-state index in [1.165, 1.54) is 4.80 Å². The second kappa shape index (κ2) is 4.67. The summed E-state index contributed by atoms with van der Waals surface area (Å²) < 4.78 is 23.1.